The summed E-state index contributed by atoms with van der Waals surface area (Å²) in [7, 11) is 0. The molecule has 24 heavy (non-hydrogen) atoms. The topological polar surface area (TPSA) is 49.3 Å². The van der Waals surface area contributed by atoms with E-state index in [2.05, 4.69) is 5.32 Å². The van der Waals surface area contributed by atoms with E-state index in [-0.39, 0.29) is 18.9 Å². The quantitative estimate of drug-likeness (QED) is 0.680. The minimum atomic E-state index is -1.22. The second-order valence-electron chi connectivity index (χ2n) is 5.39. The Morgan fingerprint density at radius 1 is 1.17 bits per heavy atom. The van der Waals surface area contributed by atoms with Crippen LogP contribution in [0.25, 0.3) is 0 Å². The highest BCUT2D eigenvalue weighted by Gasteiger charge is 2.33. The zero-order valence-corrected chi connectivity index (χ0v) is 15.1. The summed E-state index contributed by atoms with van der Waals surface area (Å²) in [5.74, 6) is -0.173. The summed E-state index contributed by atoms with van der Waals surface area (Å²) >= 11 is 9.08. The molecule has 0 saturated heterocycles. The Labute approximate surface area is 153 Å². The summed E-state index contributed by atoms with van der Waals surface area (Å²) in [6.07, 6.45) is 0.184. The van der Waals surface area contributed by atoms with Crippen molar-refractivity contribution in [1.29, 1.82) is 0 Å². The summed E-state index contributed by atoms with van der Waals surface area (Å²) in [6.45, 7) is 0.119. The fraction of sp³-hybridized carbons (Fsp3) is 0.167. The standard InChI is InChI=1S/C18H16ClNO2S2/c19-15-5-2-1-4-13(15)10-17(21)20-12-18(22,14-7-9-23-11-14)16-6-3-8-24-16/h1-9,11,22H,10,12H2,(H,20,21). The first-order valence-electron chi connectivity index (χ1n) is 7.39. The van der Waals surface area contributed by atoms with Crippen LogP contribution in [-0.2, 0) is 16.8 Å². The molecule has 0 radical (unpaired) electrons. The molecule has 0 aliphatic carbocycles. The molecule has 0 fully saturated rings. The summed E-state index contributed by atoms with van der Waals surface area (Å²) in [4.78, 5) is 13.1. The Bertz CT molecular complexity index is 766. The van der Waals surface area contributed by atoms with Gasteiger partial charge < -0.3 is 10.4 Å². The van der Waals surface area contributed by atoms with Crippen LogP contribution in [0.3, 0.4) is 0 Å². The highest BCUT2D eigenvalue weighted by molar-refractivity contribution is 7.10. The average molecular weight is 378 g/mol. The van der Waals surface area contributed by atoms with Gasteiger partial charge in [0, 0.05) is 15.5 Å². The molecule has 1 unspecified atom stereocenters. The molecule has 124 valence electrons. The van der Waals surface area contributed by atoms with E-state index in [0.717, 1.165) is 16.0 Å². The number of carbonyl (C=O) groups is 1. The number of hydrogen-bond donors (Lipinski definition) is 2. The van der Waals surface area contributed by atoms with Crippen molar-refractivity contribution < 1.29 is 9.90 Å². The van der Waals surface area contributed by atoms with E-state index < -0.39 is 5.60 Å². The Balaban J connectivity index is 1.73. The summed E-state index contributed by atoms with van der Waals surface area (Å²) in [6, 6.07) is 12.9. The molecule has 2 N–H and O–H groups in total. The monoisotopic (exact) mass is 377 g/mol. The molecule has 3 nitrogen and oxygen atoms in total. The van der Waals surface area contributed by atoms with Gasteiger partial charge in [0.2, 0.25) is 5.91 Å². The molecule has 1 aromatic carbocycles. The molecule has 1 amide bonds. The predicted molar refractivity (Wildman–Crippen MR) is 99.8 cm³/mol. The maximum Gasteiger partial charge on any atom is 0.224 e. The van der Waals surface area contributed by atoms with Crippen molar-refractivity contribution in [3.63, 3.8) is 0 Å². The molecule has 6 heteroatoms. The molecule has 2 heterocycles. The molecular formula is C18H16ClNO2S2. The molecule has 1 atom stereocenters. The van der Waals surface area contributed by atoms with E-state index in [4.69, 9.17) is 11.6 Å². The molecule has 0 saturated carbocycles. The Kier molecular flexibility index (Phi) is 5.36. The number of carbonyl (C=O) groups excluding carboxylic acids is 1. The zero-order chi connectivity index (χ0) is 17.0. The highest BCUT2D eigenvalue weighted by Crippen LogP contribution is 2.33. The van der Waals surface area contributed by atoms with Crippen LogP contribution in [-0.4, -0.2) is 17.6 Å². The van der Waals surface area contributed by atoms with Crippen molar-refractivity contribution in [3.05, 3.63) is 79.6 Å². The van der Waals surface area contributed by atoms with Crippen molar-refractivity contribution in [2.24, 2.45) is 0 Å². The number of halogens is 1. The number of hydrogen-bond acceptors (Lipinski definition) is 4. The summed E-state index contributed by atoms with van der Waals surface area (Å²) in [5, 5.41) is 20.3. The minimum Gasteiger partial charge on any atom is -0.378 e. The normalized spacial score (nSPS) is 13.4. The van der Waals surface area contributed by atoms with Gasteiger partial charge in [0.05, 0.1) is 13.0 Å². The first-order valence-corrected chi connectivity index (χ1v) is 9.59. The lowest BCUT2D eigenvalue weighted by Gasteiger charge is -2.27. The van der Waals surface area contributed by atoms with Crippen LogP contribution in [0.15, 0.2) is 58.6 Å². The van der Waals surface area contributed by atoms with Gasteiger partial charge >= 0.3 is 0 Å². The first-order chi connectivity index (χ1) is 11.6. The lowest BCUT2D eigenvalue weighted by Crippen LogP contribution is -2.41. The fourth-order valence-electron chi connectivity index (χ4n) is 2.45. The molecule has 3 aromatic rings. The average Bonchev–Trinajstić information content (AvgIpc) is 3.28. The minimum absolute atomic E-state index is 0.119. The van der Waals surface area contributed by atoms with Crippen LogP contribution in [0, 0.1) is 0 Å². The van der Waals surface area contributed by atoms with Gasteiger partial charge in [-0.1, -0.05) is 35.9 Å². The first kappa shape index (κ1) is 17.2. The molecule has 3 rings (SSSR count). The van der Waals surface area contributed by atoms with Crippen LogP contribution >= 0.6 is 34.3 Å². The van der Waals surface area contributed by atoms with Gasteiger partial charge in [-0.05, 0) is 39.9 Å². The van der Waals surface area contributed by atoms with Gasteiger partial charge in [-0.2, -0.15) is 11.3 Å². The van der Waals surface area contributed by atoms with Gasteiger partial charge in [0.25, 0.3) is 0 Å². The summed E-state index contributed by atoms with van der Waals surface area (Å²) < 4.78 is 0. The molecule has 0 aliphatic rings. The van der Waals surface area contributed by atoms with Gasteiger partial charge in [-0.25, -0.2) is 0 Å². The number of rotatable bonds is 6. The van der Waals surface area contributed by atoms with Crippen LogP contribution in [0.2, 0.25) is 5.02 Å². The lowest BCUT2D eigenvalue weighted by atomic mass is 9.94. The third kappa shape index (κ3) is 3.70. The van der Waals surface area contributed by atoms with E-state index in [1.807, 2.05) is 52.5 Å². The third-order valence-electron chi connectivity index (χ3n) is 3.78. The van der Waals surface area contributed by atoms with Crippen LogP contribution in [0.1, 0.15) is 16.0 Å². The second-order valence-corrected chi connectivity index (χ2v) is 7.53. The zero-order valence-electron chi connectivity index (χ0n) is 12.7. The van der Waals surface area contributed by atoms with Crippen molar-refractivity contribution in [2.75, 3.05) is 6.54 Å². The van der Waals surface area contributed by atoms with Crippen LogP contribution in [0.4, 0.5) is 0 Å². The van der Waals surface area contributed by atoms with E-state index in [9.17, 15) is 9.90 Å². The maximum atomic E-state index is 12.3. The maximum absolute atomic E-state index is 12.3. The fourth-order valence-corrected chi connectivity index (χ4v) is 4.22. The van der Waals surface area contributed by atoms with E-state index >= 15 is 0 Å². The van der Waals surface area contributed by atoms with E-state index in [0.29, 0.717) is 5.02 Å². The van der Waals surface area contributed by atoms with Crippen LogP contribution in [0.5, 0.6) is 0 Å². The molecular weight excluding hydrogens is 362 g/mol. The number of benzene rings is 1. The molecule has 0 bridgehead atoms. The van der Waals surface area contributed by atoms with Crippen molar-refractivity contribution in [1.82, 2.24) is 5.32 Å². The van der Waals surface area contributed by atoms with Crippen LogP contribution < -0.4 is 5.32 Å². The van der Waals surface area contributed by atoms with E-state index in [1.54, 1.807) is 6.07 Å². The van der Waals surface area contributed by atoms with Gasteiger partial charge in [0.1, 0.15) is 5.60 Å². The van der Waals surface area contributed by atoms with Crippen molar-refractivity contribution in [2.45, 2.75) is 12.0 Å². The number of aliphatic hydroxyl groups is 1. The lowest BCUT2D eigenvalue weighted by molar-refractivity contribution is -0.121. The van der Waals surface area contributed by atoms with Crippen molar-refractivity contribution >= 4 is 40.2 Å². The second kappa shape index (κ2) is 7.49. The number of nitrogens with one attached hydrogen (secondary N) is 1. The third-order valence-corrected chi connectivity index (χ3v) is 5.85. The van der Waals surface area contributed by atoms with Gasteiger partial charge in [0.15, 0.2) is 0 Å². The Morgan fingerprint density at radius 3 is 2.67 bits per heavy atom. The molecule has 2 aromatic heterocycles. The predicted octanol–water partition coefficient (Wildman–Crippen LogP) is 4.06. The van der Waals surface area contributed by atoms with Gasteiger partial charge in [-0.3, -0.25) is 4.79 Å². The van der Waals surface area contributed by atoms with E-state index in [1.165, 1.54) is 22.7 Å². The molecule has 0 aliphatic heterocycles. The largest absolute Gasteiger partial charge is 0.378 e. The Hall–Kier alpha value is -1.66. The Morgan fingerprint density at radius 2 is 2.00 bits per heavy atom. The SMILES string of the molecule is O=C(Cc1ccccc1Cl)NCC(O)(c1ccsc1)c1cccs1. The highest BCUT2D eigenvalue weighted by atomic mass is 35.5. The van der Waals surface area contributed by atoms with Crippen molar-refractivity contribution in [3.8, 4) is 0 Å². The molecule has 0 spiro atoms. The van der Waals surface area contributed by atoms with Gasteiger partial charge in [-0.15, -0.1) is 11.3 Å². The number of amides is 1. The number of thiophene rings is 2. The summed E-state index contributed by atoms with van der Waals surface area (Å²) in [5.41, 5.74) is 0.337. The smallest absolute Gasteiger partial charge is 0.224 e.